The lowest BCUT2D eigenvalue weighted by molar-refractivity contribution is -0.123. The van der Waals surface area contributed by atoms with E-state index in [9.17, 15) is 9.90 Å². The second-order valence-electron chi connectivity index (χ2n) is 3.99. The number of hydrogen-bond acceptors (Lipinski definition) is 4. The maximum atomic E-state index is 11.5. The monoisotopic (exact) mass is 331 g/mol. The van der Waals surface area contributed by atoms with Crippen LogP contribution >= 0.6 is 15.9 Å². The van der Waals surface area contributed by atoms with Gasteiger partial charge in [0.1, 0.15) is 5.75 Å². The first-order valence-electron chi connectivity index (χ1n) is 5.94. The molecule has 1 unspecified atom stereocenters. The van der Waals surface area contributed by atoms with E-state index in [-0.39, 0.29) is 19.1 Å². The Kier molecular flexibility index (Phi) is 7.47. The number of amides is 1. The van der Waals surface area contributed by atoms with Crippen LogP contribution in [-0.2, 0) is 9.53 Å². The normalized spacial score (nSPS) is 11.9. The minimum Gasteiger partial charge on any atom is -0.484 e. The van der Waals surface area contributed by atoms with Crippen molar-refractivity contribution in [2.24, 2.45) is 0 Å². The zero-order valence-corrected chi connectivity index (χ0v) is 12.4. The van der Waals surface area contributed by atoms with Crippen LogP contribution in [0.2, 0.25) is 0 Å². The summed E-state index contributed by atoms with van der Waals surface area (Å²) in [6.07, 6.45) is -0.104. The van der Waals surface area contributed by atoms with Crippen LogP contribution in [0.5, 0.6) is 5.75 Å². The summed E-state index contributed by atoms with van der Waals surface area (Å²) in [5, 5.41) is 12.1. The summed E-state index contributed by atoms with van der Waals surface area (Å²) in [7, 11) is 1.52. The van der Waals surface area contributed by atoms with Crippen LogP contribution in [0.3, 0.4) is 0 Å². The number of aliphatic hydroxyl groups is 1. The van der Waals surface area contributed by atoms with Crippen molar-refractivity contribution in [3.63, 3.8) is 0 Å². The van der Waals surface area contributed by atoms with Crippen molar-refractivity contribution in [3.05, 3.63) is 28.7 Å². The molecule has 6 heteroatoms. The van der Waals surface area contributed by atoms with Crippen molar-refractivity contribution in [1.29, 1.82) is 0 Å². The molecule has 1 atom stereocenters. The summed E-state index contributed by atoms with van der Waals surface area (Å²) in [5.74, 6) is 0.411. The molecule has 106 valence electrons. The maximum Gasteiger partial charge on any atom is 0.257 e. The average Bonchev–Trinajstić information content (AvgIpc) is 2.37. The third-order valence-corrected chi connectivity index (χ3v) is 2.82. The van der Waals surface area contributed by atoms with Gasteiger partial charge in [-0.3, -0.25) is 4.79 Å². The third-order valence-electron chi connectivity index (χ3n) is 2.32. The molecule has 5 nitrogen and oxygen atoms in total. The average molecular weight is 332 g/mol. The van der Waals surface area contributed by atoms with E-state index in [0.29, 0.717) is 18.7 Å². The number of hydrogen-bond donors (Lipinski definition) is 2. The van der Waals surface area contributed by atoms with Crippen molar-refractivity contribution in [3.8, 4) is 5.75 Å². The zero-order valence-electron chi connectivity index (χ0n) is 10.8. The number of benzene rings is 1. The van der Waals surface area contributed by atoms with Crippen LogP contribution in [0.15, 0.2) is 28.7 Å². The number of nitrogens with one attached hydrogen (secondary N) is 1. The van der Waals surface area contributed by atoms with E-state index in [1.165, 1.54) is 7.11 Å². The van der Waals surface area contributed by atoms with E-state index in [0.717, 1.165) is 4.47 Å². The van der Waals surface area contributed by atoms with Crippen molar-refractivity contribution in [2.75, 3.05) is 26.9 Å². The van der Waals surface area contributed by atoms with Crippen molar-refractivity contribution < 1.29 is 19.4 Å². The van der Waals surface area contributed by atoms with Crippen LogP contribution < -0.4 is 10.1 Å². The predicted octanol–water partition coefficient (Wildman–Crippen LogP) is 1.34. The minimum atomic E-state index is -0.559. The zero-order chi connectivity index (χ0) is 14.1. The second kappa shape index (κ2) is 8.90. The van der Waals surface area contributed by atoms with Crippen LogP contribution in [0, 0.1) is 0 Å². The van der Waals surface area contributed by atoms with E-state index in [4.69, 9.17) is 9.47 Å². The number of aliphatic hydroxyl groups excluding tert-OH is 1. The Morgan fingerprint density at radius 1 is 1.53 bits per heavy atom. The van der Waals surface area contributed by atoms with E-state index in [1.54, 1.807) is 12.1 Å². The van der Waals surface area contributed by atoms with E-state index in [1.807, 2.05) is 12.1 Å². The molecule has 1 aromatic rings. The highest BCUT2D eigenvalue weighted by Crippen LogP contribution is 2.17. The first-order valence-corrected chi connectivity index (χ1v) is 6.73. The van der Waals surface area contributed by atoms with Gasteiger partial charge < -0.3 is 19.9 Å². The lowest BCUT2D eigenvalue weighted by atomic mass is 10.2. The number of carbonyl (C=O) groups excluding carboxylic acids is 1. The van der Waals surface area contributed by atoms with Gasteiger partial charge in [0.15, 0.2) is 6.61 Å². The van der Waals surface area contributed by atoms with E-state index < -0.39 is 6.10 Å². The fourth-order valence-electron chi connectivity index (χ4n) is 1.41. The molecule has 2 N–H and O–H groups in total. The Morgan fingerprint density at radius 3 is 3.00 bits per heavy atom. The van der Waals surface area contributed by atoms with Gasteiger partial charge in [0.05, 0.1) is 12.7 Å². The fraction of sp³-hybridized carbons (Fsp3) is 0.462. The summed E-state index contributed by atoms with van der Waals surface area (Å²) < 4.78 is 11.0. The van der Waals surface area contributed by atoms with Crippen molar-refractivity contribution >= 4 is 21.8 Å². The molecule has 1 rings (SSSR count). The maximum absolute atomic E-state index is 11.5. The summed E-state index contributed by atoms with van der Waals surface area (Å²) in [6.45, 7) is 0.618. The SMILES string of the molecule is COCC(O)CCNC(=O)COc1cccc(Br)c1. The molecule has 1 aromatic carbocycles. The number of halogens is 1. The first kappa shape index (κ1) is 15.9. The van der Waals surface area contributed by atoms with Crippen LogP contribution in [0.1, 0.15) is 6.42 Å². The second-order valence-corrected chi connectivity index (χ2v) is 4.91. The van der Waals surface area contributed by atoms with Gasteiger partial charge in [0, 0.05) is 18.1 Å². The number of ether oxygens (including phenoxy) is 2. The Bertz CT molecular complexity index is 400. The molecule has 0 aliphatic heterocycles. The lowest BCUT2D eigenvalue weighted by Gasteiger charge is -2.10. The highest BCUT2D eigenvalue weighted by atomic mass is 79.9. The van der Waals surface area contributed by atoms with Gasteiger partial charge in [-0.05, 0) is 24.6 Å². The first-order chi connectivity index (χ1) is 9.11. The topological polar surface area (TPSA) is 67.8 Å². The quantitative estimate of drug-likeness (QED) is 0.754. The van der Waals surface area contributed by atoms with Gasteiger partial charge in [-0.15, -0.1) is 0 Å². The fourth-order valence-corrected chi connectivity index (χ4v) is 1.79. The van der Waals surface area contributed by atoms with Crippen molar-refractivity contribution in [1.82, 2.24) is 5.32 Å². The molecule has 0 aliphatic carbocycles. The molecule has 0 fully saturated rings. The summed E-state index contributed by atoms with van der Waals surface area (Å²) in [5.41, 5.74) is 0. The molecular formula is C13H18BrNO4. The predicted molar refractivity (Wildman–Crippen MR) is 75.1 cm³/mol. The smallest absolute Gasteiger partial charge is 0.257 e. The third kappa shape index (κ3) is 7.15. The number of carbonyl (C=O) groups is 1. The summed E-state index contributed by atoms with van der Waals surface area (Å²) in [4.78, 5) is 11.5. The number of rotatable bonds is 8. The summed E-state index contributed by atoms with van der Waals surface area (Å²) in [6, 6.07) is 7.28. The van der Waals surface area contributed by atoms with Crippen LogP contribution in [0.25, 0.3) is 0 Å². The highest BCUT2D eigenvalue weighted by molar-refractivity contribution is 9.10. The standard InChI is InChI=1S/C13H18BrNO4/c1-18-8-11(16)5-6-15-13(17)9-19-12-4-2-3-10(14)7-12/h2-4,7,11,16H,5-6,8-9H2,1H3,(H,15,17). The molecule has 0 bridgehead atoms. The minimum absolute atomic E-state index is 0.0448. The Morgan fingerprint density at radius 2 is 2.32 bits per heavy atom. The molecule has 0 saturated carbocycles. The van der Waals surface area contributed by atoms with Gasteiger partial charge >= 0.3 is 0 Å². The molecule has 0 spiro atoms. The van der Waals surface area contributed by atoms with Gasteiger partial charge in [-0.1, -0.05) is 22.0 Å². The largest absolute Gasteiger partial charge is 0.484 e. The van der Waals surface area contributed by atoms with Crippen LogP contribution in [0.4, 0.5) is 0 Å². The Hall–Kier alpha value is -1.11. The Balaban J connectivity index is 2.18. The Labute approximate surface area is 121 Å². The molecule has 0 saturated heterocycles. The highest BCUT2D eigenvalue weighted by Gasteiger charge is 2.06. The van der Waals surface area contributed by atoms with Gasteiger partial charge in [0.25, 0.3) is 5.91 Å². The molecule has 0 radical (unpaired) electrons. The molecular weight excluding hydrogens is 314 g/mol. The van der Waals surface area contributed by atoms with E-state index >= 15 is 0 Å². The van der Waals surface area contributed by atoms with Crippen LogP contribution in [-0.4, -0.2) is 44.0 Å². The van der Waals surface area contributed by atoms with Gasteiger partial charge in [-0.2, -0.15) is 0 Å². The lowest BCUT2D eigenvalue weighted by Crippen LogP contribution is -2.32. The number of methoxy groups -OCH3 is 1. The van der Waals surface area contributed by atoms with Gasteiger partial charge in [0.2, 0.25) is 0 Å². The molecule has 0 heterocycles. The molecule has 0 aliphatic rings. The van der Waals surface area contributed by atoms with Crippen molar-refractivity contribution in [2.45, 2.75) is 12.5 Å². The molecule has 19 heavy (non-hydrogen) atoms. The van der Waals surface area contributed by atoms with E-state index in [2.05, 4.69) is 21.2 Å². The molecule has 1 amide bonds. The summed E-state index contributed by atoms with van der Waals surface area (Å²) >= 11 is 3.32. The van der Waals surface area contributed by atoms with Gasteiger partial charge in [-0.25, -0.2) is 0 Å². The molecule has 0 aromatic heterocycles.